The Labute approximate surface area is 115 Å². The molecule has 18 heavy (non-hydrogen) atoms. The van der Waals surface area contributed by atoms with Gasteiger partial charge in [-0.3, -0.25) is 0 Å². The molecule has 1 aromatic carbocycles. The quantitative estimate of drug-likeness (QED) is 0.831. The largest absolute Gasteiger partial charge is 0.392 e. The molecule has 0 aliphatic carbocycles. The molecule has 0 amide bonds. The highest BCUT2D eigenvalue weighted by molar-refractivity contribution is 7.99. The van der Waals surface area contributed by atoms with Crippen molar-refractivity contribution in [3.05, 3.63) is 34.9 Å². The zero-order valence-electron chi connectivity index (χ0n) is 12.0. The van der Waals surface area contributed by atoms with Crippen LogP contribution in [0.1, 0.15) is 36.6 Å². The van der Waals surface area contributed by atoms with Gasteiger partial charge in [0.2, 0.25) is 0 Å². The van der Waals surface area contributed by atoms with Crippen LogP contribution >= 0.6 is 11.8 Å². The Bertz CT molecular complexity index is 379. The molecule has 0 heterocycles. The Kier molecular flexibility index (Phi) is 6.19. The first-order valence-corrected chi connectivity index (χ1v) is 7.54. The Morgan fingerprint density at radius 3 is 2.39 bits per heavy atom. The molecule has 0 aromatic heterocycles. The van der Waals surface area contributed by atoms with Crippen LogP contribution in [0.5, 0.6) is 0 Å². The van der Waals surface area contributed by atoms with Crippen LogP contribution < -0.4 is 5.32 Å². The number of hydrogen-bond donors (Lipinski definition) is 2. The van der Waals surface area contributed by atoms with Crippen LogP contribution in [0.25, 0.3) is 0 Å². The normalized spacial score (nSPS) is 16.3. The molecule has 0 saturated carbocycles. The average Bonchev–Trinajstić information content (AvgIpc) is 2.33. The van der Waals surface area contributed by atoms with Gasteiger partial charge in [-0.2, -0.15) is 11.8 Å². The highest BCUT2D eigenvalue weighted by atomic mass is 32.2. The SMILES string of the molecule is CNC(CSC(C)C(C)O)c1ccc(C)c(C)c1. The van der Waals surface area contributed by atoms with E-state index in [1.54, 1.807) is 0 Å². The van der Waals surface area contributed by atoms with Crippen molar-refractivity contribution in [2.24, 2.45) is 0 Å². The maximum atomic E-state index is 9.52. The summed E-state index contributed by atoms with van der Waals surface area (Å²) in [6, 6.07) is 6.97. The molecule has 0 fully saturated rings. The molecule has 0 aliphatic rings. The highest BCUT2D eigenvalue weighted by Crippen LogP contribution is 2.24. The summed E-state index contributed by atoms with van der Waals surface area (Å²) >= 11 is 1.81. The lowest BCUT2D eigenvalue weighted by Crippen LogP contribution is -2.22. The van der Waals surface area contributed by atoms with Gasteiger partial charge in [-0.25, -0.2) is 0 Å². The molecular formula is C15H25NOS. The Balaban J connectivity index is 2.68. The van der Waals surface area contributed by atoms with Crippen molar-refractivity contribution >= 4 is 11.8 Å². The maximum Gasteiger partial charge on any atom is 0.0628 e. The fraction of sp³-hybridized carbons (Fsp3) is 0.600. The molecule has 1 aromatic rings. The van der Waals surface area contributed by atoms with E-state index in [2.05, 4.69) is 44.3 Å². The van der Waals surface area contributed by atoms with Crippen molar-refractivity contribution in [2.45, 2.75) is 45.1 Å². The van der Waals surface area contributed by atoms with E-state index in [1.165, 1.54) is 16.7 Å². The van der Waals surface area contributed by atoms with Crippen LogP contribution in [0.2, 0.25) is 0 Å². The summed E-state index contributed by atoms with van der Waals surface area (Å²) in [5.74, 6) is 0.977. The number of hydrogen-bond acceptors (Lipinski definition) is 3. The van der Waals surface area contributed by atoms with E-state index in [9.17, 15) is 5.11 Å². The lowest BCUT2D eigenvalue weighted by Gasteiger charge is -2.21. The topological polar surface area (TPSA) is 32.3 Å². The van der Waals surface area contributed by atoms with Gasteiger partial charge >= 0.3 is 0 Å². The van der Waals surface area contributed by atoms with Crippen LogP contribution in [0.3, 0.4) is 0 Å². The average molecular weight is 267 g/mol. The van der Waals surface area contributed by atoms with Crippen LogP contribution in [0.4, 0.5) is 0 Å². The molecular weight excluding hydrogens is 242 g/mol. The van der Waals surface area contributed by atoms with E-state index in [-0.39, 0.29) is 11.4 Å². The van der Waals surface area contributed by atoms with E-state index in [0.717, 1.165) is 5.75 Å². The predicted octanol–water partition coefficient (Wildman–Crippen LogP) is 3.07. The van der Waals surface area contributed by atoms with Gasteiger partial charge in [0.25, 0.3) is 0 Å². The number of rotatable bonds is 6. The molecule has 3 unspecified atom stereocenters. The third-order valence-corrected chi connectivity index (χ3v) is 4.93. The summed E-state index contributed by atoms with van der Waals surface area (Å²) in [4.78, 5) is 0. The molecule has 1 rings (SSSR count). The van der Waals surface area contributed by atoms with Gasteiger partial charge in [-0.05, 0) is 44.5 Å². The van der Waals surface area contributed by atoms with Crippen LogP contribution in [0.15, 0.2) is 18.2 Å². The van der Waals surface area contributed by atoms with E-state index in [0.29, 0.717) is 6.04 Å². The zero-order valence-corrected chi connectivity index (χ0v) is 12.8. The lowest BCUT2D eigenvalue weighted by atomic mass is 10.0. The molecule has 2 N–H and O–H groups in total. The first-order chi connectivity index (χ1) is 8.45. The molecule has 0 saturated heterocycles. The van der Waals surface area contributed by atoms with Crippen LogP contribution in [-0.2, 0) is 0 Å². The third-order valence-electron chi connectivity index (χ3n) is 3.49. The number of aliphatic hydroxyl groups is 1. The third kappa shape index (κ3) is 4.30. The number of thioether (sulfide) groups is 1. The van der Waals surface area contributed by atoms with Crippen molar-refractivity contribution in [3.63, 3.8) is 0 Å². The minimum atomic E-state index is -0.257. The highest BCUT2D eigenvalue weighted by Gasteiger charge is 2.14. The van der Waals surface area contributed by atoms with E-state index in [1.807, 2.05) is 25.7 Å². The minimum Gasteiger partial charge on any atom is -0.392 e. The van der Waals surface area contributed by atoms with Crippen LogP contribution in [0, 0.1) is 13.8 Å². The molecule has 2 nitrogen and oxygen atoms in total. The summed E-state index contributed by atoms with van der Waals surface area (Å²) in [5.41, 5.74) is 3.99. The van der Waals surface area contributed by atoms with Crippen molar-refractivity contribution in [1.82, 2.24) is 5.32 Å². The van der Waals surface area contributed by atoms with Gasteiger partial charge in [-0.1, -0.05) is 25.1 Å². The fourth-order valence-corrected chi connectivity index (χ4v) is 2.85. The minimum absolute atomic E-state index is 0.257. The van der Waals surface area contributed by atoms with E-state index in [4.69, 9.17) is 0 Å². The Hall–Kier alpha value is -0.510. The van der Waals surface area contributed by atoms with E-state index < -0.39 is 0 Å². The fourth-order valence-electron chi connectivity index (χ4n) is 1.71. The molecule has 0 radical (unpaired) electrons. The van der Waals surface area contributed by atoms with Crippen molar-refractivity contribution in [3.8, 4) is 0 Å². The van der Waals surface area contributed by atoms with Gasteiger partial charge in [-0.15, -0.1) is 0 Å². The van der Waals surface area contributed by atoms with Crippen molar-refractivity contribution in [1.29, 1.82) is 0 Å². The number of nitrogens with one attached hydrogen (secondary N) is 1. The van der Waals surface area contributed by atoms with Crippen LogP contribution in [-0.4, -0.2) is 29.3 Å². The molecule has 3 atom stereocenters. The maximum absolute atomic E-state index is 9.52. The van der Waals surface area contributed by atoms with Gasteiger partial charge < -0.3 is 10.4 Å². The summed E-state index contributed by atoms with van der Waals surface area (Å²) in [6.45, 7) is 8.21. The van der Waals surface area contributed by atoms with Crippen molar-refractivity contribution < 1.29 is 5.11 Å². The smallest absolute Gasteiger partial charge is 0.0628 e. The standard InChI is InChI=1S/C15H25NOS/c1-10-6-7-14(8-11(10)2)15(16-5)9-18-13(4)12(3)17/h6-8,12-13,15-17H,9H2,1-5H3. The lowest BCUT2D eigenvalue weighted by molar-refractivity contribution is 0.196. The zero-order chi connectivity index (χ0) is 13.7. The summed E-state index contributed by atoms with van der Waals surface area (Å²) in [5, 5.41) is 13.1. The summed E-state index contributed by atoms with van der Waals surface area (Å²) in [6.07, 6.45) is -0.257. The number of benzene rings is 1. The van der Waals surface area contributed by atoms with Crippen molar-refractivity contribution in [2.75, 3.05) is 12.8 Å². The second kappa shape index (κ2) is 7.17. The molecule has 0 aliphatic heterocycles. The first-order valence-electron chi connectivity index (χ1n) is 6.49. The summed E-state index contributed by atoms with van der Waals surface area (Å²) < 4.78 is 0. The summed E-state index contributed by atoms with van der Waals surface area (Å²) in [7, 11) is 1.99. The molecule has 0 bridgehead atoms. The Morgan fingerprint density at radius 1 is 1.22 bits per heavy atom. The van der Waals surface area contributed by atoms with E-state index >= 15 is 0 Å². The first kappa shape index (κ1) is 15.5. The number of aliphatic hydroxyl groups excluding tert-OH is 1. The molecule has 0 spiro atoms. The molecule has 3 heteroatoms. The van der Waals surface area contributed by atoms with Gasteiger partial charge in [0, 0.05) is 17.0 Å². The molecule has 102 valence electrons. The van der Waals surface area contributed by atoms with Gasteiger partial charge in [0.05, 0.1) is 6.10 Å². The van der Waals surface area contributed by atoms with Gasteiger partial charge in [0.15, 0.2) is 0 Å². The Morgan fingerprint density at radius 2 is 1.89 bits per heavy atom. The monoisotopic (exact) mass is 267 g/mol. The number of aryl methyl sites for hydroxylation is 2. The predicted molar refractivity (Wildman–Crippen MR) is 81.3 cm³/mol. The van der Waals surface area contributed by atoms with Gasteiger partial charge in [0.1, 0.15) is 0 Å². The second-order valence-electron chi connectivity index (χ2n) is 4.96. The second-order valence-corrected chi connectivity index (χ2v) is 6.37.